The molecule has 2 aliphatic heterocycles. The van der Waals surface area contributed by atoms with E-state index in [1.807, 2.05) is 0 Å². The number of fused-ring (bicyclic) bond motifs is 1. The van der Waals surface area contributed by atoms with Crippen molar-refractivity contribution in [1.82, 2.24) is 20.9 Å². The predicted octanol–water partition coefficient (Wildman–Crippen LogP) is 0.0207. The Morgan fingerprint density at radius 2 is 1.79 bits per heavy atom. The van der Waals surface area contributed by atoms with Gasteiger partial charge in [-0.1, -0.05) is 6.07 Å². The van der Waals surface area contributed by atoms with E-state index in [-0.39, 0.29) is 36.3 Å². The number of benzene rings is 1. The minimum absolute atomic E-state index is 0.0173. The first-order valence-electron chi connectivity index (χ1n) is 10.5. The Hall–Kier alpha value is -3.96. The summed E-state index contributed by atoms with van der Waals surface area (Å²) in [6.07, 6.45) is 1.01. The van der Waals surface area contributed by atoms with E-state index < -0.39 is 41.7 Å². The molecule has 1 fully saturated rings. The standard InChI is InChI=1S/C21H24N4O8/c26-15-8-7-13(18(28)24-15)25-19(29)12-5-4-6-14(17(12)20(25)30)33-11-16(27)22-9-2-1-3-10-23-21(31)32/h4-6,13,23H,1-3,7-11H2,(H,22,27)(H,31,32)(H,24,26,28). The molecule has 6 amide bonds. The van der Waals surface area contributed by atoms with Crippen molar-refractivity contribution in [3.05, 3.63) is 29.3 Å². The van der Waals surface area contributed by atoms with E-state index in [4.69, 9.17) is 9.84 Å². The normalized spacial score (nSPS) is 17.5. The number of carbonyl (C=O) groups excluding carboxylic acids is 5. The van der Waals surface area contributed by atoms with Gasteiger partial charge in [0.15, 0.2) is 6.61 Å². The summed E-state index contributed by atoms with van der Waals surface area (Å²) in [7, 11) is 0. The minimum Gasteiger partial charge on any atom is -0.483 e. The van der Waals surface area contributed by atoms with Gasteiger partial charge in [0.05, 0.1) is 11.1 Å². The maximum absolute atomic E-state index is 13.0. The van der Waals surface area contributed by atoms with Crippen molar-refractivity contribution >= 4 is 35.6 Å². The van der Waals surface area contributed by atoms with Crippen LogP contribution < -0.4 is 20.7 Å². The summed E-state index contributed by atoms with van der Waals surface area (Å²) in [4.78, 5) is 72.5. The second-order valence-corrected chi connectivity index (χ2v) is 7.56. The molecule has 1 unspecified atom stereocenters. The van der Waals surface area contributed by atoms with Crippen LogP contribution in [0.1, 0.15) is 52.8 Å². The molecular formula is C21H24N4O8. The van der Waals surface area contributed by atoms with E-state index in [0.717, 1.165) is 11.3 Å². The Bertz CT molecular complexity index is 992. The zero-order valence-corrected chi connectivity index (χ0v) is 17.7. The maximum Gasteiger partial charge on any atom is 0.404 e. The Labute approximate surface area is 188 Å². The van der Waals surface area contributed by atoms with Gasteiger partial charge in [0.2, 0.25) is 11.8 Å². The lowest BCUT2D eigenvalue weighted by Gasteiger charge is -2.27. The third-order valence-corrected chi connectivity index (χ3v) is 5.24. The largest absolute Gasteiger partial charge is 0.483 e. The van der Waals surface area contributed by atoms with E-state index >= 15 is 0 Å². The van der Waals surface area contributed by atoms with E-state index in [1.165, 1.54) is 18.2 Å². The average molecular weight is 460 g/mol. The lowest BCUT2D eigenvalue weighted by Crippen LogP contribution is -2.54. The molecule has 0 spiro atoms. The van der Waals surface area contributed by atoms with Gasteiger partial charge in [-0.3, -0.25) is 34.2 Å². The van der Waals surface area contributed by atoms with Crippen LogP contribution >= 0.6 is 0 Å². The number of piperidine rings is 1. The summed E-state index contributed by atoms with van der Waals surface area (Å²) in [6, 6.07) is 3.32. The van der Waals surface area contributed by atoms with Crippen LogP contribution in [-0.4, -0.2) is 71.4 Å². The van der Waals surface area contributed by atoms with Crippen LogP contribution in [0.2, 0.25) is 0 Å². The van der Waals surface area contributed by atoms with Crippen molar-refractivity contribution in [3.8, 4) is 5.75 Å². The lowest BCUT2D eigenvalue weighted by atomic mass is 10.0. The van der Waals surface area contributed by atoms with Crippen LogP contribution in [0.25, 0.3) is 0 Å². The summed E-state index contributed by atoms with van der Waals surface area (Å²) < 4.78 is 5.49. The van der Waals surface area contributed by atoms with Gasteiger partial charge >= 0.3 is 6.09 Å². The van der Waals surface area contributed by atoms with Crippen LogP contribution in [0, 0.1) is 0 Å². The average Bonchev–Trinajstić information content (AvgIpc) is 3.02. The second-order valence-electron chi connectivity index (χ2n) is 7.56. The molecule has 0 bridgehead atoms. The van der Waals surface area contributed by atoms with Gasteiger partial charge in [0, 0.05) is 19.5 Å². The Balaban J connectivity index is 1.53. The number of hydrogen-bond donors (Lipinski definition) is 4. The molecule has 3 rings (SSSR count). The van der Waals surface area contributed by atoms with Gasteiger partial charge in [-0.15, -0.1) is 0 Å². The molecule has 0 aliphatic carbocycles. The quantitative estimate of drug-likeness (QED) is 0.279. The Morgan fingerprint density at radius 3 is 2.48 bits per heavy atom. The highest BCUT2D eigenvalue weighted by Crippen LogP contribution is 2.33. The molecule has 2 heterocycles. The molecule has 0 aromatic heterocycles. The Morgan fingerprint density at radius 1 is 1.06 bits per heavy atom. The third-order valence-electron chi connectivity index (χ3n) is 5.24. The van der Waals surface area contributed by atoms with E-state index in [1.54, 1.807) is 0 Å². The fraction of sp³-hybridized carbons (Fsp3) is 0.429. The fourth-order valence-electron chi connectivity index (χ4n) is 3.65. The molecule has 0 saturated carbocycles. The molecule has 1 atom stereocenters. The monoisotopic (exact) mass is 460 g/mol. The number of imide groups is 2. The third kappa shape index (κ3) is 5.64. The predicted molar refractivity (Wildman–Crippen MR) is 111 cm³/mol. The van der Waals surface area contributed by atoms with Crippen molar-refractivity contribution in [1.29, 1.82) is 0 Å². The van der Waals surface area contributed by atoms with E-state index in [9.17, 15) is 28.8 Å². The molecule has 0 radical (unpaired) electrons. The zero-order valence-electron chi connectivity index (χ0n) is 17.7. The number of rotatable bonds is 10. The van der Waals surface area contributed by atoms with E-state index in [2.05, 4.69) is 16.0 Å². The molecule has 176 valence electrons. The highest BCUT2D eigenvalue weighted by atomic mass is 16.5. The molecule has 1 saturated heterocycles. The lowest BCUT2D eigenvalue weighted by molar-refractivity contribution is -0.136. The van der Waals surface area contributed by atoms with Crippen LogP contribution in [-0.2, 0) is 14.4 Å². The SMILES string of the molecule is O=C(O)NCCCCCNC(=O)COc1cccc2c1C(=O)N(C1CCC(=O)NC1=O)C2=O. The number of nitrogens with one attached hydrogen (secondary N) is 3. The first-order valence-corrected chi connectivity index (χ1v) is 10.5. The summed E-state index contributed by atoms with van der Waals surface area (Å²) in [5.74, 6) is -2.90. The van der Waals surface area contributed by atoms with Gasteiger partial charge in [-0.05, 0) is 37.8 Å². The number of carbonyl (C=O) groups is 6. The number of nitrogens with zero attached hydrogens (tertiary/aromatic N) is 1. The first kappa shape index (κ1) is 23.7. The number of ether oxygens (including phenoxy) is 1. The van der Waals surface area contributed by atoms with Gasteiger partial charge in [0.25, 0.3) is 17.7 Å². The van der Waals surface area contributed by atoms with Crippen LogP contribution in [0.15, 0.2) is 18.2 Å². The molecule has 4 N–H and O–H groups in total. The number of unbranched alkanes of at least 4 members (excludes halogenated alkanes) is 2. The van der Waals surface area contributed by atoms with Crippen LogP contribution in [0.5, 0.6) is 5.75 Å². The smallest absolute Gasteiger partial charge is 0.404 e. The topological polar surface area (TPSA) is 171 Å². The molecular weight excluding hydrogens is 436 g/mol. The van der Waals surface area contributed by atoms with E-state index in [0.29, 0.717) is 25.9 Å². The number of amides is 6. The molecule has 1 aromatic carbocycles. The minimum atomic E-state index is -1.09. The number of hydrogen-bond acceptors (Lipinski definition) is 7. The van der Waals surface area contributed by atoms with Gasteiger partial charge in [-0.2, -0.15) is 0 Å². The molecule has 12 nitrogen and oxygen atoms in total. The van der Waals surface area contributed by atoms with Gasteiger partial charge in [-0.25, -0.2) is 4.79 Å². The highest BCUT2D eigenvalue weighted by molar-refractivity contribution is 6.24. The summed E-state index contributed by atoms with van der Waals surface area (Å²) in [6.45, 7) is 0.341. The Kier molecular flexibility index (Phi) is 7.59. The summed E-state index contributed by atoms with van der Waals surface area (Å²) in [5.41, 5.74) is 0.0449. The molecule has 33 heavy (non-hydrogen) atoms. The zero-order chi connectivity index (χ0) is 24.0. The van der Waals surface area contributed by atoms with Crippen molar-refractivity contribution in [2.75, 3.05) is 19.7 Å². The van der Waals surface area contributed by atoms with Crippen molar-refractivity contribution in [2.24, 2.45) is 0 Å². The van der Waals surface area contributed by atoms with Crippen molar-refractivity contribution in [2.45, 2.75) is 38.1 Å². The van der Waals surface area contributed by atoms with Crippen molar-refractivity contribution < 1.29 is 38.6 Å². The number of carboxylic acid groups (broad SMARTS) is 1. The second kappa shape index (κ2) is 10.6. The molecule has 12 heteroatoms. The summed E-state index contributed by atoms with van der Waals surface area (Å²) in [5, 5.41) is 15.5. The maximum atomic E-state index is 13.0. The van der Waals surface area contributed by atoms with Crippen LogP contribution in [0.4, 0.5) is 4.79 Å². The summed E-state index contributed by atoms with van der Waals surface area (Å²) >= 11 is 0. The van der Waals surface area contributed by atoms with Gasteiger partial charge in [0.1, 0.15) is 11.8 Å². The van der Waals surface area contributed by atoms with Gasteiger partial charge < -0.3 is 20.5 Å². The molecule has 1 aromatic rings. The van der Waals surface area contributed by atoms with Crippen LogP contribution in [0.3, 0.4) is 0 Å². The fourth-order valence-corrected chi connectivity index (χ4v) is 3.65. The highest BCUT2D eigenvalue weighted by Gasteiger charge is 2.46. The molecule has 2 aliphatic rings. The van der Waals surface area contributed by atoms with Crippen molar-refractivity contribution in [3.63, 3.8) is 0 Å². The first-order chi connectivity index (χ1) is 15.8.